The first kappa shape index (κ1) is 20.3. The molecule has 1 aliphatic heterocycles. The van der Waals surface area contributed by atoms with Crippen molar-refractivity contribution >= 4 is 23.0 Å². The smallest absolute Gasteiger partial charge is 0.174 e. The van der Waals surface area contributed by atoms with E-state index in [1.807, 2.05) is 42.6 Å². The fraction of sp³-hybridized carbons (Fsp3) is 0.160. The highest BCUT2D eigenvalue weighted by Gasteiger charge is 2.42. The maximum absolute atomic E-state index is 14.0. The fourth-order valence-electron chi connectivity index (χ4n) is 4.24. The molecule has 0 aliphatic carbocycles. The summed E-state index contributed by atoms with van der Waals surface area (Å²) in [4.78, 5) is 10.9. The number of benzene rings is 1. The molecule has 32 heavy (non-hydrogen) atoms. The highest BCUT2D eigenvalue weighted by molar-refractivity contribution is 7.80. The Morgan fingerprint density at radius 2 is 1.97 bits per heavy atom. The molecule has 0 spiro atoms. The summed E-state index contributed by atoms with van der Waals surface area (Å²) in [5, 5.41) is 4.05. The van der Waals surface area contributed by atoms with Gasteiger partial charge in [0, 0.05) is 42.7 Å². The van der Waals surface area contributed by atoms with Crippen LogP contribution in [0.15, 0.2) is 85.5 Å². The zero-order valence-corrected chi connectivity index (χ0v) is 18.3. The Morgan fingerprint density at radius 3 is 2.72 bits per heavy atom. The van der Waals surface area contributed by atoms with E-state index < -0.39 is 0 Å². The number of anilines is 1. The third-order valence-electron chi connectivity index (χ3n) is 5.76. The summed E-state index contributed by atoms with van der Waals surface area (Å²) in [7, 11) is 0. The maximum Gasteiger partial charge on any atom is 0.174 e. The molecule has 0 bridgehead atoms. The van der Waals surface area contributed by atoms with Crippen LogP contribution < -0.4 is 10.2 Å². The average molecular weight is 444 g/mol. The zero-order valence-electron chi connectivity index (χ0n) is 17.5. The van der Waals surface area contributed by atoms with Crippen molar-refractivity contribution in [3.63, 3.8) is 0 Å². The van der Waals surface area contributed by atoms with Crippen molar-refractivity contribution in [3.8, 4) is 0 Å². The Bertz CT molecular complexity index is 1240. The molecule has 1 saturated heterocycles. The molecular weight excluding hydrogens is 421 g/mol. The molecule has 3 aromatic heterocycles. The molecule has 1 N–H and O–H groups in total. The van der Waals surface area contributed by atoms with Crippen molar-refractivity contribution in [3.05, 3.63) is 114 Å². The molecule has 0 unspecified atom stereocenters. The monoisotopic (exact) mass is 443 g/mol. The Morgan fingerprint density at radius 1 is 1.06 bits per heavy atom. The molecule has 160 valence electrons. The molecule has 0 saturated carbocycles. The van der Waals surface area contributed by atoms with Gasteiger partial charge >= 0.3 is 0 Å². The summed E-state index contributed by atoms with van der Waals surface area (Å²) in [5.74, 6) is -0.232. The van der Waals surface area contributed by atoms with E-state index in [2.05, 4.69) is 43.1 Å². The van der Waals surface area contributed by atoms with E-state index >= 15 is 0 Å². The van der Waals surface area contributed by atoms with E-state index in [1.54, 1.807) is 25.4 Å². The highest BCUT2D eigenvalue weighted by Crippen LogP contribution is 2.42. The van der Waals surface area contributed by atoms with Gasteiger partial charge in [-0.15, -0.1) is 0 Å². The highest BCUT2D eigenvalue weighted by atomic mass is 32.1. The molecular formula is C25H22FN5S. The molecule has 0 radical (unpaired) electrons. The van der Waals surface area contributed by atoms with Gasteiger partial charge in [-0.25, -0.2) is 4.39 Å². The SMILES string of the molecule is Cc1cc(N2C(=S)N[C@H](c3ccccn3)[C@@H]2c2cccn2Cc2cccnc2)ccc1F. The van der Waals surface area contributed by atoms with Crippen molar-refractivity contribution in [2.75, 3.05) is 4.90 Å². The number of rotatable bonds is 5. The van der Waals surface area contributed by atoms with Crippen LogP contribution in [0.4, 0.5) is 10.1 Å². The number of nitrogens with zero attached hydrogens (tertiary/aromatic N) is 4. The molecule has 2 atom stereocenters. The first-order valence-electron chi connectivity index (χ1n) is 10.4. The van der Waals surface area contributed by atoms with Crippen LogP contribution in [0, 0.1) is 12.7 Å². The van der Waals surface area contributed by atoms with Crippen LogP contribution in [0.5, 0.6) is 0 Å². The van der Waals surface area contributed by atoms with Crippen molar-refractivity contribution in [2.24, 2.45) is 0 Å². The van der Waals surface area contributed by atoms with Gasteiger partial charge in [-0.05, 0) is 78.8 Å². The minimum Gasteiger partial charge on any atom is -0.351 e. The van der Waals surface area contributed by atoms with Gasteiger partial charge in [0.15, 0.2) is 5.11 Å². The van der Waals surface area contributed by atoms with Crippen molar-refractivity contribution < 1.29 is 4.39 Å². The Labute approximate surface area is 191 Å². The molecule has 1 aromatic carbocycles. The van der Waals surface area contributed by atoms with E-state index in [0.717, 1.165) is 22.6 Å². The number of nitrogens with one attached hydrogen (secondary N) is 1. The maximum atomic E-state index is 14.0. The molecule has 1 fully saturated rings. The first-order valence-corrected chi connectivity index (χ1v) is 10.8. The third-order valence-corrected chi connectivity index (χ3v) is 6.08. The lowest BCUT2D eigenvalue weighted by atomic mass is 10.0. The van der Waals surface area contributed by atoms with Crippen molar-refractivity contribution in [2.45, 2.75) is 25.6 Å². The molecule has 1 aliphatic rings. The van der Waals surface area contributed by atoms with Crippen molar-refractivity contribution in [1.82, 2.24) is 19.9 Å². The van der Waals surface area contributed by atoms with E-state index in [-0.39, 0.29) is 17.9 Å². The van der Waals surface area contributed by atoms with Crippen LogP contribution in [-0.4, -0.2) is 19.6 Å². The minimum absolute atomic E-state index is 0.156. The van der Waals surface area contributed by atoms with Gasteiger partial charge in [0.05, 0.1) is 11.7 Å². The van der Waals surface area contributed by atoms with E-state index in [1.165, 1.54) is 6.07 Å². The van der Waals surface area contributed by atoms with Gasteiger partial charge in [-0.3, -0.25) is 9.97 Å². The lowest BCUT2D eigenvalue weighted by Gasteiger charge is -2.29. The summed E-state index contributed by atoms with van der Waals surface area (Å²) in [6.45, 7) is 2.45. The second-order valence-corrected chi connectivity index (χ2v) is 8.24. The molecule has 7 heteroatoms. The van der Waals surface area contributed by atoms with E-state index in [4.69, 9.17) is 12.2 Å². The standard InChI is InChI=1S/C25H22FN5S/c1-17-14-19(9-10-20(17)26)31-24(23(29-25(31)32)21-7-2-3-12-28-21)22-8-5-13-30(22)16-18-6-4-11-27-15-18/h2-15,23-24H,16H2,1H3,(H,29,32)/t23-,24+/m1/s1. The summed E-state index contributed by atoms with van der Waals surface area (Å²) in [5.41, 5.74) is 4.52. The predicted octanol–water partition coefficient (Wildman–Crippen LogP) is 4.95. The number of aromatic nitrogens is 3. The lowest BCUT2D eigenvalue weighted by molar-refractivity contribution is 0.533. The minimum atomic E-state index is -0.232. The van der Waals surface area contributed by atoms with Crippen LogP contribution in [-0.2, 0) is 6.54 Å². The van der Waals surface area contributed by atoms with Crippen LogP contribution in [0.3, 0.4) is 0 Å². The molecule has 0 amide bonds. The number of hydrogen-bond acceptors (Lipinski definition) is 3. The number of hydrogen-bond donors (Lipinski definition) is 1. The van der Waals surface area contributed by atoms with Gasteiger partial charge in [0.25, 0.3) is 0 Å². The summed E-state index contributed by atoms with van der Waals surface area (Å²) in [6.07, 6.45) is 7.50. The Balaban J connectivity index is 1.61. The van der Waals surface area contributed by atoms with Crippen LogP contribution in [0.1, 0.15) is 34.6 Å². The number of thiocarbonyl (C=S) groups is 1. The quantitative estimate of drug-likeness (QED) is 0.442. The van der Waals surface area contributed by atoms with Gasteiger partial charge in [-0.2, -0.15) is 0 Å². The van der Waals surface area contributed by atoms with Gasteiger partial charge < -0.3 is 14.8 Å². The van der Waals surface area contributed by atoms with Gasteiger partial charge in [0.2, 0.25) is 0 Å². The van der Waals surface area contributed by atoms with Crippen molar-refractivity contribution in [1.29, 1.82) is 0 Å². The molecule has 4 heterocycles. The van der Waals surface area contributed by atoms with Gasteiger partial charge in [0.1, 0.15) is 11.9 Å². The topological polar surface area (TPSA) is 46.0 Å². The zero-order chi connectivity index (χ0) is 22.1. The van der Waals surface area contributed by atoms with Crippen LogP contribution in [0.25, 0.3) is 0 Å². The predicted molar refractivity (Wildman–Crippen MR) is 127 cm³/mol. The number of halogens is 1. The third kappa shape index (κ3) is 3.76. The second-order valence-electron chi connectivity index (χ2n) is 7.85. The average Bonchev–Trinajstić information content (AvgIpc) is 3.40. The van der Waals surface area contributed by atoms with E-state index in [9.17, 15) is 4.39 Å². The summed E-state index contributed by atoms with van der Waals surface area (Å²) < 4.78 is 16.2. The van der Waals surface area contributed by atoms with E-state index in [0.29, 0.717) is 17.2 Å². The first-order chi connectivity index (χ1) is 15.6. The summed E-state index contributed by atoms with van der Waals surface area (Å²) >= 11 is 5.77. The lowest BCUT2D eigenvalue weighted by Crippen LogP contribution is -2.30. The fourth-order valence-corrected chi connectivity index (χ4v) is 4.59. The second kappa shape index (κ2) is 8.51. The number of pyridine rings is 2. The van der Waals surface area contributed by atoms with Crippen LogP contribution >= 0.6 is 12.2 Å². The molecule has 4 aromatic rings. The Hall–Kier alpha value is -3.58. The largest absolute Gasteiger partial charge is 0.351 e. The normalized spacial score (nSPS) is 18.1. The summed E-state index contributed by atoms with van der Waals surface area (Å²) in [6, 6.07) is 18.8. The molecule has 5 rings (SSSR count). The Kier molecular flexibility index (Phi) is 5.41. The van der Waals surface area contributed by atoms with Gasteiger partial charge in [-0.1, -0.05) is 12.1 Å². The molecule has 5 nitrogen and oxygen atoms in total. The van der Waals surface area contributed by atoms with Crippen LogP contribution in [0.2, 0.25) is 0 Å². The number of aryl methyl sites for hydroxylation is 1.